The van der Waals surface area contributed by atoms with Crippen molar-refractivity contribution in [3.05, 3.63) is 52.4 Å². The second kappa shape index (κ2) is 12.9. The predicted molar refractivity (Wildman–Crippen MR) is 115 cm³/mol. The molecule has 1 saturated heterocycles. The van der Waals surface area contributed by atoms with Gasteiger partial charge in [-0.05, 0) is 43.4 Å². The van der Waals surface area contributed by atoms with Crippen LogP contribution in [0.4, 0.5) is 10.6 Å². The van der Waals surface area contributed by atoms with Gasteiger partial charge in [-0.25, -0.2) is 14.8 Å². The number of anilines is 1. The Morgan fingerprint density at radius 2 is 2.13 bits per heavy atom. The summed E-state index contributed by atoms with van der Waals surface area (Å²) in [5.41, 5.74) is 1.76. The summed E-state index contributed by atoms with van der Waals surface area (Å²) in [4.78, 5) is 34.7. The smallest absolute Gasteiger partial charge is 0.548 e. The Bertz CT molecular complexity index is 901. The molecule has 31 heavy (non-hydrogen) atoms. The van der Waals surface area contributed by atoms with Gasteiger partial charge in [-0.1, -0.05) is 35.0 Å². The fourth-order valence-corrected chi connectivity index (χ4v) is 3.98. The van der Waals surface area contributed by atoms with Crippen molar-refractivity contribution in [2.24, 2.45) is 0 Å². The van der Waals surface area contributed by atoms with Crippen LogP contribution < -0.4 is 72.0 Å². The van der Waals surface area contributed by atoms with E-state index in [1.165, 1.54) is 0 Å². The van der Waals surface area contributed by atoms with Gasteiger partial charge in [0, 0.05) is 35.4 Å². The van der Waals surface area contributed by atoms with E-state index in [9.17, 15) is 14.7 Å². The van der Waals surface area contributed by atoms with Crippen LogP contribution in [-0.2, 0) is 17.6 Å². The molecule has 2 amide bonds. The molecule has 0 spiro atoms. The maximum absolute atomic E-state index is 12.5. The van der Waals surface area contributed by atoms with Crippen molar-refractivity contribution in [2.75, 3.05) is 18.0 Å². The number of carbonyl (C=O) groups is 2. The summed E-state index contributed by atoms with van der Waals surface area (Å²) in [5, 5.41) is 17.0. The Kier molecular flexibility index (Phi) is 10.9. The average molecular weight is 514 g/mol. The maximum Gasteiger partial charge on any atom is 1.00 e. The van der Waals surface area contributed by atoms with Crippen LogP contribution in [0.15, 0.2) is 41.1 Å². The van der Waals surface area contributed by atoms with E-state index in [4.69, 9.17) is 0 Å². The van der Waals surface area contributed by atoms with Crippen molar-refractivity contribution in [1.82, 2.24) is 20.6 Å². The number of aromatic nitrogens is 2. The largest absolute Gasteiger partial charge is 1.00 e. The van der Waals surface area contributed by atoms with E-state index in [0.29, 0.717) is 6.54 Å². The quantitative estimate of drug-likeness (QED) is 0.433. The third-order valence-corrected chi connectivity index (χ3v) is 5.56. The van der Waals surface area contributed by atoms with Crippen molar-refractivity contribution >= 4 is 33.7 Å². The molecule has 0 radical (unpaired) electrons. The van der Waals surface area contributed by atoms with Crippen molar-refractivity contribution in [2.45, 2.75) is 44.7 Å². The van der Waals surface area contributed by atoms with E-state index in [0.717, 1.165) is 47.4 Å². The zero-order valence-electron chi connectivity index (χ0n) is 17.8. The SMILES string of the molecule is CCc1cc(N2CCCC(NC(=O)NC(Cc3cccc(Br)c3)C(=O)[O-])C2)ncn1.[K+]. The normalized spacial score (nSPS) is 16.7. The Balaban J connectivity index is 0.00000341. The van der Waals surface area contributed by atoms with Gasteiger partial charge in [-0.15, -0.1) is 0 Å². The summed E-state index contributed by atoms with van der Waals surface area (Å²) in [7, 11) is 0. The minimum Gasteiger partial charge on any atom is -0.548 e. The van der Waals surface area contributed by atoms with Crippen LogP contribution in [0.2, 0.25) is 0 Å². The van der Waals surface area contributed by atoms with Gasteiger partial charge in [0.25, 0.3) is 0 Å². The molecule has 3 rings (SSSR count). The van der Waals surface area contributed by atoms with Gasteiger partial charge in [-0.2, -0.15) is 0 Å². The number of aliphatic carboxylic acids is 1. The molecular weight excluding hydrogens is 489 g/mol. The molecule has 0 aliphatic carbocycles. The summed E-state index contributed by atoms with van der Waals surface area (Å²) in [5.74, 6) is -0.473. The van der Waals surface area contributed by atoms with E-state index in [-0.39, 0.29) is 63.8 Å². The number of amides is 2. The van der Waals surface area contributed by atoms with Crippen LogP contribution >= 0.6 is 15.9 Å². The molecule has 160 valence electrons. The number of hydrogen-bond acceptors (Lipinski definition) is 6. The standard InChI is InChI=1S/C21H26BrN5O3.K/c1-2-16-11-19(24-13-23-16)27-8-4-7-17(12-27)25-21(30)26-18(20(28)29)10-14-5-3-6-15(22)9-14;/h3,5-6,9,11,13,17-18H,2,4,7-8,10,12H2,1H3,(H,28,29)(H2,25,26,30);/q;+1/p-1. The summed E-state index contributed by atoms with van der Waals surface area (Å²) in [6, 6.07) is 7.54. The maximum atomic E-state index is 12.5. The first kappa shape index (κ1) is 26.2. The van der Waals surface area contributed by atoms with Gasteiger partial charge in [0.1, 0.15) is 12.1 Å². The predicted octanol–water partition coefficient (Wildman–Crippen LogP) is -1.57. The number of carboxylic acids is 1. The molecular formula is C21H25BrKN5O3. The Hall–Kier alpha value is -1.04. The number of carboxylic acid groups (broad SMARTS) is 1. The number of urea groups is 1. The van der Waals surface area contributed by atoms with Crippen LogP contribution in [0, 0.1) is 0 Å². The third-order valence-electron chi connectivity index (χ3n) is 5.07. The molecule has 2 heterocycles. The molecule has 10 heteroatoms. The summed E-state index contributed by atoms with van der Waals surface area (Å²) in [6.07, 6.45) is 4.25. The number of piperidine rings is 1. The molecule has 0 bridgehead atoms. The van der Waals surface area contributed by atoms with E-state index < -0.39 is 18.0 Å². The first-order valence-electron chi connectivity index (χ1n) is 10.0. The third kappa shape index (κ3) is 8.10. The van der Waals surface area contributed by atoms with Crippen LogP contribution in [0.1, 0.15) is 31.0 Å². The molecule has 1 aliphatic rings. The number of hydrogen-bond donors (Lipinski definition) is 2. The van der Waals surface area contributed by atoms with Gasteiger partial charge < -0.3 is 25.4 Å². The van der Waals surface area contributed by atoms with Crippen LogP contribution in [0.25, 0.3) is 0 Å². The molecule has 8 nitrogen and oxygen atoms in total. The van der Waals surface area contributed by atoms with Gasteiger partial charge in [-0.3, -0.25) is 0 Å². The van der Waals surface area contributed by atoms with E-state index in [1.54, 1.807) is 6.33 Å². The fourth-order valence-electron chi connectivity index (χ4n) is 3.53. The zero-order chi connectivity index (χ0) is 21.5. The average Bonchev–Trinajstić information content (AvgIpc) is 2.73. The van der Waals surface area contributed by atoms with Crippen molar-refractivity contribution < 1.29 is 66.1 Å². The molecule has 1 aromatic heterocycles. The Morgan fingerprint density at radius 1 is 1.32 bits per heavy atom. The monoisotopic (exact) mass is 513 g/mol. The Labute approximate surface area is 233 Å². The van der Waals surface area contributed by atoms with Crippen LogP contribution in [0.5, 0.6) is 0 Å². The summed E-state index contributed by atoms with van der Waals surface area (Å²) < 4.78 is 0.847. The number of carbonyl (C=O) groups excluding carboxylic acids is 2. The first-order chi connectivity index (χ1) is 14.4. The van der Waals surface area contributed by atoms with Crippen LogP contribution in [0.3, 0.4) is 0 Å². The minimum atomic E-state index is -1.32. The molecule has 1 aliphatic heterocycles. The zero-order valence-corrected chi connectivity index (χ0v) is 22.5. The molecule has 0 saturated carbocycles. The number of nitrogens with zero attached hydrogens (tertiary/aromatic N) is 3. The number of halogens is 1. The fraction of sp³-hybridized carbons (Fsp3) is 0.429. The second-order valence-corrected chi connectivity index (χ2v) is 8.25. The topological polar surface area (TPSA) is 110 Å². The minimum absolute atomic E-state index is 0. The van der Waals surface area contributed by atoms with E-state index >= 15 is 0 Å². The van der Waals surface area contributed by atoms with Gasteiger partial charge >= 0.3 is 57.4 Å². The number of rotatable bonds is 7. The van der Waals surface area contributed by atoms with E-state index in [2.05, 4.69) is 41.4 Å². The van der Waals surface area contributed by atoms with Crippen molar-refractivity contribution in [3.63, 3.8) is 0 Å². The first-order valence-corrected chi connectivity index (χ1v) is 10.8. The second-order valence-electron chi connectivity index (χ2n) is 7.33. The van der Waals surface area contributed by atoms with Crippen LogP contribution in [-0.4, -0.2) is 47.1 Å². The number of benzene rings is 1. The molecule has 2 aromatic rings. The Morgan fingerprint density at radius 3 is 2.84 bits per heavy atom. The van der Waals surface area contributed by atoms with Crippen molar-refractivity contribution in [3.8, 4) is 0 Å². The number of aryl methyl sites for hydroxylation is 1. The van der Waals surface area contributed by atoms with Crippen molar-refractivity contribution in [1.29, 1.82) is 0 Å². The van der Waals surface area contributed by atoms with E-state index in [1.807, 2.05) is 37.3 Å². The van der Waals surface area contributed by atoms with Gasteiger partial charge in [0.05, 0.1) is 12.0 Å². The number of nitrogens with one attached hydrogen (secondary N) is 2. The summed E-state index contributed by atoms with van der Waals surface area (Å²) >= 11 is 3.36. The molecule has 1 fully saturated rings. The molecule has 2 unspecified atom stereocenters. The molecule has 1 aromatic carbocycles. The molecule has 2 N–H and O–H groups in total. The van der Waals surface area contributed by atoms with Gasteiger partial charge in [0.15, 0.2) is 0 Å². The van der Waals surface area contributed by atoms with Gasteiger partial charge in [0.2, 0.25) is 0 Å². The molecule has 2 atom stereocenters. The summed E-state index contributed by atoms with van der Waals surface area (Å²) in [6.45, 7) is 3.50.